The van der Waals surface area contributed by atoms with Gasteiger partial charge in [0, 0.05) is 12.6 Å². The number of nitrogens with two attached hydrogens (primary N) is 1. The van der Waals surface area contributed by atoms with Crippen molar-refractivity contribution >= 4 is 11.8 Å². The van der Waals surface area contributed by atoms with E-state index in [0.717, 1.165) is 0 Å². The smallest absolute Gasteiger partial charge is 0.225 e. The fourth-order valence-electron chi connectivity index (χ4n) is 1.66. The summed E-state index contributed by atoms with van der Waals surface area (Å²) in [7, 11) is 1.50. The summed E-state index contributed by atoms with van der Waals surface area (Å²) >= 11 is 0. The highest BCUT2D eigenvalue weighted by atomic mass is 19.1. The van der Waals surface area contributed by atoms with Crippen LogP contribution in [-0.4, -0.2) is 23.6 Å². The van der Waals surface area contributed by atoms with Crippen molar-refractivity contribution in [3.05, 3.63) is 41.7 Å². The van der Waals surface area contributed by atoms with Crippen LogP contribution in [0.4, 0.5) is 16.2 Å². The zero-order valence-electron chi connectivity index (χ0n) is 10.6. The Hall–Kier alpha value is -2.37. The summed E-state index contributed by atoms with van der Waals surface area (Å²) in [5.74, 6) is 0.874. The van der Waals surface area contributed by atoms with Crippen LogP contribution >= 0.6 is 0 Å². The monoisotopic (exact) mass is 262 g/mol. The number of rotatable bonds is 5. The second kappa shape index (κ2) is 5.99. The third-order valence-corrected chi connectivity index (χ3v) is 2.59. The molecule has 100 valence electrons. The summed E-state index contributed by atoms with van der Waals surface area (Å²) < 4.78 is 18.4. The predicted molar refractivity (Wildman–Crippen MR) is 71.6 cm³/mol. The van der Waals surface area contributed by atoms with E-state index in [1.54, 1.807) is 18.2 Å². The van der Waals surface area contributed by atoms with Gasteiger partial charge in [-0.15, -0.1) is 0 Å². The van der Waals surface area contributed by atoms with Crippen LogP contribution in [-0.2, 0) is 6.42 Å². The number of aromatic nitrogens is 2. The van der Waals surface area contributed by atoms with Crippen molar-refractivity contribution in [3.8, 4) is 5.88 Å². The summed E-state index contributed by atoms with van der Waals surface area (Å²) in [5, 5.41) is 3.06. The van der Waals surface area contributed by atoms with Crippen molar-refractivity contribution in [1.29, 1.82) is 0 Å². The zero-order chi connectivity index (χ0) is 13.7. The van der Waals surface area contributed by atoms with Gasteiger partial charge < -0.3 is 15.8 Å². The molecule has 0 radical (unpaired) electrons. The lowest BCUT2D eigenvalue weighted by atomic mass is 10.1. The van der Waals surface area contributed by atoms with Gasteiger partial charge in [-0.1, -0.05) is 18.2 Å². The molecule has 1 aromatic heterocycles. The molecule has 6 heteroatoms. The lowest BCUT2D eigenvalue weighted by Gasteiger charge is -2.08. The van der Waals surface area contributed by atoms with E-state index in [1.807, 2.05) is 6.07 Å². The van der Waals surface area contributed by atoms with Crippen molar-refractivity contribution in [1.82, 2.24) is 9.97 Å². The molecule has 2 aromatic rings. The molecule has 5 nitrogen and oxygen atoms in total. The van der Waals surface area contributed by atoms with Gasteiger partial charge >= 0.3 is 0 Å². The van der Waals surface area contributed by atoms with E-state index in [1.165, 1.54) is 13.2 Å². The number of nitrogens with one attached hydrogen (secondary N) is 1. The maximum Gasteiger partial charge on any atom is 0.225 e. The van der Waals surface area contributed by atoms with Crippen LogP contribution in [0.5, 0.6) is 5.88 Å². The fourth-order valence-corrected chi connectivity index (χ4v) is 1.66. The molecule has 0 unspecified atom stereocenters. The van der Waals surface area contributed by atoms with E-state index in [2.05, 4.69) is 15.3 Å². The van der Waals surface area contributed by atoms with E-state index in [9.17, 15) is 4.39 Å². The maximum absolute atomic E-state index is 13.4. The first-order valence-electron chi connectivity index (χ1n) is 5.85. The van der Waals surface area contributed by atoms with E-state index < -0.39 is 0 Å². The maximum atomic E-state index is 13.4. The quantitative estimate of drug-likeness (QED) is 0.860. The summed E-state index contributed by atoms with van der Waals surface area (Å²) in [4.78, 5) is 7.89. The van der Waals surface area contributed by atoms with Gasteiger partial charge in [0.2, 0.25) is 11.8 Å². The molecular weight excluding hydrogens is 247 g/mol. The van der Waals surface area contributed by atoms with Crippen LogP contribution < -0.4 is 15.8 Å². The molecule has 1 aromatic carbocycles. The van der Waals surface area contributed by atoms with Gasteiger partial charge in [0.25, 0.3) is 0 Å². The number of anilines is 2. The Balaban J connectivity index is 1.96. The highest BCUT2D eigenvalue weighted by Gasteiger charge is 2.03. The highest BCUT2D eigenvalue weighted by Crippen LogP contribution is 2.14. The molecule has 0 aliphatic carbocycles. The molecule has 0 fully saturated rings. The summed E-state index contributed by atoms with van der Waals surface area (Å²) in [5.41, 5.74) is 6.20. The van der Waals surface area contributed by atoms with Crippen molar-refractivity contribution in [2.24, 2.45) is 0 Å². The lowest BCUT2D eigenvalue weighted by molar-refractivity contribution is 0.398. The second-order valence-electron chi connectivity index (χ2n) is 3.92. The number of hydrogen-bond acceptors (Lipinski definition) is 5. The van der Waals surface area contributed by atoms with Gasteiger partial charge in [-0.25, -0.2) is 4.39 Å². The summed E-state index contributed by atoms with van der Waals surface area (Å²) in [6, 6.07) is 8.32. The number of hydrogen-bond donors (Lipinski definition) is 2. The number of methoxy groups -OCH3 is 1. The van der Waals surface area contributed by atoms with Gasteiger partial charge in [0.1, 0.15) is 11.6 Å². The molecule has 2 rings (SSSR count). The molecule has 0 aliphatic rings. The van der Waals surface area contributed by atoms with Crippen molar-refractivity contribution in [2.75, 3.05) is 24.7 Å². The molecule has 1 heterocycles. The van der Waals surface area contributed by atoms with Crippen LogP contribution in [0.1, 0.15) is 5.56 Å². The average molecular weight is 262 g/mol. The molecule has 0 bridgehead atoms. The summed E-state index contributed by atoms with van der Waals surface area (Å²) in [6.07, 6.45) is 0.554. The molecular formula is C13H15FN4O. The minimum Gasteiger partial charge on any atom is -0.481 e. The number of benzene rings is 1. The third kappa shape index (κ3) is 3.54. The van der Waals surface area contributed by atoms with E-state index >= 15 is 0 Å². The van der Waals surface area contributed by atoms with Crippen LogP contribution in [0.25, 0.3) is 0 Å². The summed E-state index contributed by atoms with van der Waals surface area (Å²) in [6.45, 7) is 0.542. The minimum atomic E-state index is -0.205. The number of halogens is 1. The Morgan fingerprint density at radius 3 is 2.84 bits per heavy atom. The van der Waals surface area contributed by atoms with Crippen molar-refractivity contribution in [2.45, 2.75) is 6.42 Å². The van der Waals surface area contributed by atoms with Crippen LogP contribution in [0.2, 0.25) is 0 Å². The number of ether oxygens (including phenoxy) is 1. The van der Waals surface area contributed by atoms with E-state index in [4.69, 9.17) is 10.5 Å². The Labute approximate surface area is 110 Å². The van der Waals surface area contributed by atoms with Crippen LogP contribution in [0.3, 0.4) is 0 Å². The first kappa shape index (κ1) is 13.1. The molecule has 0 saturated carbocycles. The highest BCUT2D eigenvalue weighted by molar-refractivity contribution is 5.42. The third-order valence-electron chi connectivity index (χ3n) is 2.59. The first-order chi connectivity index (χ1) is 9.19. The number of nitrogens with zero attached hydrogens (tertiary/aromatic N) is 2. The van der Waals surface area contributed by atoms with E-state index in [0.29, 0.717) is 30.2 Å². The molecule has 19 heavy (non-hydrogen) atoms. The molecule has 3 N–H and O–H groups in total. The lowest BCUT2D eigenvalue weighted by Crippen LogP contribution is -2.09. The van der Waals surface area contributed by atoms with E-state index in [-0.39, 0.29) is 11.8 Å². The van der Waals surface area contributed by atoms with Crippen LogP contribution in [0, 0.1) is 5.82 Å². The standard InChI is InChI=1S/C13H15FN4O/c1-19-12-8-11(17-13(15)18-12)16-7-6-9-4-2-3-5-10(9)14/h2-5,8H,6-7H2,1H3,(H3,15,16,17,18). The molecule has 0 saturated heterocycles. The minimum absolute atomic E-state index is 0.132. The van der Waals surface area contributed by atoms with Crippen molar-refractivity contribution in [3.63, 3.8) is 0 Å². The Kier molecular flexibility index (Phi) is 4.12. The Morgan fingerprint density at radius 2 is 2.11 bits per heavy atom. The molecule has 0 aliphatic heterocycles. The molecule has 0 spiro atoms. The molecule has 0 atom stereocenters. The van der Waals surface area contributed by atoms with Gasteiger partial charge in [0.15, 0.2) is 0 Å². The van der Waals surface area contributed by atoms with Gasteiger partial charge in [-0.2, -0.15) is 9.97 Å². The fraction of sp³-hybridized carbons (Fsp3) is 0.231. The predicted octanol–water partition coefficient (Wildman–Crippen LogP) is 1.86. The zero-order valence-corrected chi connectivity index (χ0v) is 10.6. The van der Waals surface area contributed by atoms with Gasteiger partial charge in [0.05, 0.1) is 7.11 Å². The first-order valence-corrected chi connectivity index (χ1v) is 5.85. The second-order valence-corrected chi connectivity index (χ2v) is 3.92. The van der Waals surface area contributed by atoms with Crippen molar-refractivity contribution < 1.29 is 9.13 Å². The molecule has 0 amide bonds. The Bertz CT molecular complexity index is 562. The normalized spacial score (nSPS) is 10.2. The van der Waals surface area contributed by atoms with Gasteiger partial charge in [-0.05, 0) is 18.1 Å². The average Bonchev–Trinajstić information content (AvgIpc) is 2.40. The largest absolute Gasteiger partial charge is 0.481 e. The SMILES string of the molecule is COc1cc(NCCc2ccccc2F)nc(N)n1. The van der Waals surface area contributed by atoms with Crippen LogP contribution in [0.15, 0.2) is 30.3 Å². The van der Waals surface area contributed by atoms with Gasteiger partial charge in [-0.3, -0.25) is 0 Å². The Morgan fingerprint density at radius 1 is 1.32 bits per heavy atom. The topological polar surface area (TPSA) is 73.1 Å². The number of nitrogen functional groups attached to an aromatic ring is 1.